The molecule has 0 saturated carbocycles. The lowest BCUT2D eigenvalue weighted by Crippen LogP contribution is -2.32. The van der Waals surface area contributed by atoms with E-state index in [4.69, 9.17) is 4.74 Å². The fraction of sp³-hybridized carbons (Fsp3) is 0.385. The molecule has 0 aromatic heterocycles. The average Bonchev–Trinajstić information content (AvgIpc) is 3.04. The standard InChI is InChI=1S/C26H32N2O5/c1-4-5-15-33-21-12-7-10-19(17-21)24(30)22-23(18-9-6-11-20(29)16-18)28(26(32)25(22)31)14-8-13-27(2)3/h6-7,9-12,16-17,23,29-30H,4-5,8,13-15H2,1-3H3/b24-22+. The van der Waals surface area contributed by atoms with Gasteiger partial charge < -0.3 is 24.7 Å². The molecule has 1 aliphatic heterocycles. The lowest BCUT2D eigenvalue weighted by molar-refractivity contribution is -0.139. The fourth-order valence-corrected chi connectivity index (χ4v) is 3.93. The highest BCUT2D eigenvalue weighted by Gasteiger charge is 2.45. The molecule has 1 aliphatic rings. The number of carbonyl (C=O) groups excluding carboxylic acids is 2. The van der Waals surface area contributed by atoms with Gasteiger partial charge in [-0.05, 0) is 63.3 Å². The van der Waals surface area contributed by atoms with Gasteiger partial charge in [0, 0.05) is 12.1 Å². The summed E-state index contributed by atoms with van der Waals surface area (Å²) in [6, 6.07) is 12.5. The van der Waals surface area contributed by atoms with E-state index in [0.717, 1.165) is 19.4 Å². The van der Waals surface area contributed by atoms with Crippen molar-refractivity contribution in [2.75, 3.05) is 33.8 Å². The summed E-state index contributed by atoms with van der Waals surface area (Å²) in [5.41, 5.74) is 0.984. The van der Waals surface area contributed by atoms with E-state index in [-0.39, 0.29) is 17.1 Å². The van der Waals surface area contributed by atoms with Crippen molar-refractivity contribution in [2.45, 2.75) is 32.2 Å². The summed E-state index contributed by atoms with van der Waals surface area (Å²) in [5.74, 6) is -1.03. The van der Waals surface area contributed by atoms with Crippen molar-refractivity contribution in [2.24, 2.45) is 0 Å². The molecule has 1 unspecified atom stereocenters. The number of nitrogens with zero attached hydrogens (tertiary/aromatic N) is 2. The minimum Gasteiger partial charge on any atom is -0.508 e. The molecule has 1 fully saturated rings. The number of hydrogen-bond donors (Lipinski definition) is 2. The summed E-state index contributed by atoms with van der Waals surface area (Å²) < 4.78 is 5.74. The van der Waals surface area contributed by atoms with Crippen LogP contribution in [0.5, 0.6) is 11.5 Å². The first-order valence-electron chi connectivity index (χ1n) is 11.3. The van der Waals surface area contributed by atoms with Crippen molar-refractivity contribution in [3.63, 3.8) is 0 Å². The van der Waals surface area contributed by atoms with Gasteiger partial charge in [0.25, 0.3) is 11.7 Å². The molecule has 0 radical (unpaired) electrons. The molecule has 2 aromatic rings. The maximum absolute atomic E-state index is 13.1. The molecule has 33 heavy (non-hydrogen) atoms. The molecular weight excluding hydrogens is 420 g/mol. The largest absolute Gasteiger partial charge is 0.508 e. The van der Waals surface area contributed by atoms with Crippen LogP contribution in [0.4, 0.5) is 0 Å². The van der Waals surface area contributed by atoms with Gasteiger partial charge in [0.2, 0.25) is 0 Å². The quantitative estimate of drug-likeness (QED) is 0.246. The third kappa shape index (κ3) is 5.73. The van der Waals surface area contributed by atoms with Crippen LogP contribution in [0.25, 0.3) is 5.76 Å². The molecule has 176 valence electrons. The third-order valence-electron chi connectivity index (χ3n) is 5.60. The van der Waals surface area contributed by atoms with E-state index in [9.17, 15) is 19.8 Å². The van der Waals surface area contributed by atoms with Crippen LogP contribution in [-0.2, 0) is 9.59 Å². The molecule has 0 aliphatic carbocycles. The van der Waals surface area contributed by atoms with Crippen LogP contribution in [0.15, 0.2) is 54.1 Å². The van der Waals surface area contributed by atoms with Gasteiger partial charge in [-0.3, -0.25) is 9.59 Å². The molecule has 1 heterocycles. The number of carbonyl (C=O) groups is 2. The molecule has 7 nitrogen and oxygen atoms in total. The Kier molecular flexibility index (Phi) is 8.11. The average molecular weight is 453 g/mol. The summed E-state index contributed by atoms with van der Waals surface area (Å²) in [7, 11) is 3.88. The second kappa shape index (κ2) is 11.0. The van der Waals surface area contributed by atoms with Crippen LogP contribution in [0, 0.1) is 0 Å². The smallest absolute Gasteiger partial charge is 0.295 e. The number of ketones is 1. The minimum atomic E-state index is -0.788. The van der Waals surface area contributed by atoms with E-state index in [1.807, 2.05) is 19.0 Å². The van der Waals surface area contributed by atoms with Gasteiger partial charge >= 0.3 is 0 Å². The Hall–Kier alpha value is -3.32. The van der Waals surface area contributed by atoms with Crippen molar-refractivity contribution < 1.29 is 24.5 Å². The predicted molar refractivity (Wildman–Crippen MR) is 127 cm³/mol. The molecule has 7 heteroatoms. The van der Waals surface area contributed by atoms with Crippen LogP contribution < -0.4 is 4.74 Å². The zero-order chi connectivity index (χ0) is 24.0. The van der Waals surface area contributed by atoms with E-state index in [1.54, 1.807) is 36.4 Å². The predicted octanol–water partition coefficient (Wildman–Crippen LogP) is 3.94. The second-order valence-electron chi connectivity index (χ2n) is 8.47. The van der Waals surface area contributed by atoms with E-state index in [1.165, 1.54) is 17.0 Å². The number of rotatable bonds is 10. The zero-order valence-electron chi connectivity index (χ0n) is 19.5. The highest BCUT2D eigenvalue weighted by atomic mass is 16.5. The molecule has 2 aromatic carbocycles. The summed E-state index contributed by atoms with van der Waals surface area (Å²) >= 11 is 0. The maximum Gasteiger partial charge on any atom is 0.295 e. The summed E-state index contributed by atoms with van der Waals surface area (Å²) in [6.45, 7) is 3.72. The monoisotopic (exact) mass is 452 g/mol. The maximum atomic E-state index is 13.1. The third-order valence-corrected chi connectivity index (χ3v) is 5.60. The Balaban J connectivity index is 2.03. The van der Waals surface area contributed by atoms with Crippen LogP contribution in [-0.4, -0.2) is 65.5 Å². The van der Waals surface area contributed by atoms with Gasteiger partial charge in [-0.2, -0.15) is 0 Å². The van der Waals surface area contributed by atoms with Crippen molar-refractivity contribution >= 4 is 17.4 Å². The van der Waals surface area contributed by atoms with Crippen molar-refractivity contribution in [3.8, 4) is 11.5 Å². The SMILES string of the molecule is CCCCOc1cccc(/C(O)=C2\C(=O)C(=O)N(CCCN(C)C)C2c2cccc(O)c2)c1. The highest BCUT2D eigenvalue weighted by molar-refractivity contribution is 6.46. The Morgan fingerprint density at radius 3 is 2.55 bits per heavy atom. The highest BCUT2D eigenvalue weighted by Crippen LogP contribution is 2.40. The summed E-state index contributed by atoms with van der Waals surface area (Å²) in [4.78, 5) is 29.5. The number of likely N-dealkylation sites (tertiary alicyclic amines) is 1. The van der Waals surface area contributed by atoms with Crippen molar-refractivity contribution in [1.82, 2.24) is 9.80 Å². The van der Waals surface area contributed by atoms with Gasteiger partial charge in [0.1, 0.15) is 17.3 Å². The molecule has 0 bridgehead atoms. The Morgan fingerprint density at radius 1 is 1.09 bits per heavy atom. The normalized spacial score (nSPS) is 17.7. The lowest BCUT2D eigenvalue weighted by atomic mass is 9.95. The first kappa shape index (κ1) is 24.3. The fourth-order valence-electron chi connectivity index (χ4n) is 3.93. The first-order valence-corrected chi connectivity index (χ1v) is 11.3. The number of phenolic OH excluding ortho intramolecular Hbond substituents is 1. The number of aliphatic hydroxyl groups is 1. The lowest BCUT2D eigenvalue weighted by Gasteiger charge is -2.26. The van der Waals surface area contributed by atoms with Crippen molar-refractivity contribution in [1.29, 1.82) is 0 Å². The van der Waals surface area contributed by atoms with Crippen LogP contribution >= 0.6 is 0 Å². The molecular formula is C26H32N2O5. The Labute approximate surface area is 194 Å². The van der Waals surface area contributed by atoms with Crippen molar-refractivity contribution in [3.05, 3.63) is 65.2 Å². The Morgan fingerprint density at radius 2 is 1.85 bits per heavy atom. The van der Waals surface area contributed by atoms with E-state index in [2.05, 4.69) is 6.92 Å². The van der Waals surface area contributed by atoms with E-state index < -0.39 is 17.7 Å². The topological polar surface area (TPSA) is 90.3 Å². The molecule has 1 amide bonds. The van der Waals surface area contributed by atoms with E-state index in [0.29, 0.717) is 36.4 Å². The number of aromatic hydroxyl groups is 1. The number of ether oxygens (including phenoxy) is 1. The zero-order valence-corrected chi connectivity index (χ0v) is 19.5. The summed E-state index contributed by atoms with van der Waals surface area (Å²) in [6.07, 6.45) is 2.57. The molecule has 3 rings (SSSR count). The van der Waals surface area contributed by atoms with Gasteiger partial charge in [-0.15, -0.1) is 0 Å². The van der Waals surface area contributed by atoms with E-state index >= 15 is 0 Å². The summed E-state index contributed by atoms with van der Waals surface area (Å²) in [5, 5.41) is 21.2. The first-order chi connectivity index (χ1) is 15.8. The van der Waals surface area contributed by atoms with Gasteiger partial charge in [-0.1, -0.05) is 37.6 Å². The molecule has 1 atom stereocenters. The number of unbranched alkanes of at least 4 members (excludes halogenated alkanes) is 1. The van der Waals surface area contributed by atoms with Crippen LogP contribution in [0.3, 0.4) is 0 Å². The van der Waals surface area contributed by atoms with Crippen LogP contribution in [0.1, 0.15) is 43.4 Å². The van der Waals surface area contributed by atoms with Crippen LogP contribution in [0.2, 0.25) is 0 Å². The van der Waals surface area contributed by atoms with Gasteiger partial charge in [0.15, 0.2) is 0 Å². The second-order valence-corrected chi connectivity index (χ2v) is 8.47. The Bertz CT molecular complexity index is 1030. The molecule has 0 spiro atoms. The van der Waals surface area contributed by atoms with Gasteiger partial charge in [-0.25, -0.2) is 0 Å². The molecule has 1 saturated heterocycles. The minimum absolute atomic E-state index is 0.0150. The number of amides is 1. The number of aliphatic hydroxyl groups excluding tert-OH is 1. The van der Waals surface area contributed by atoms with Gasteiger partial charge in [0.05, 0.1) is 18.2 Å². The molecule has 2 N–H and O–H groups in total. The number of benzene rings is 2. The number of hydrogen-bond acceptors (Lipinski definition) is 6. The number of phenols is 1. The number of Topliss-reactive ketones (excluding diaryl/α,β-unsaturated/α-hetero) is 1.